The third-order valence-corrected chi connectivity index (χ3v) is 5.47. The lowest BCUT2D eigenvalue weighted by atomic mass is 9.76. The van der Waals surface area contributed by atoms with Gasteiger partial charge in [0.1, 0.15) is 5.82 Å². The molecule has 1 atom stereocenters. The quantitative estimate of drug-likeness (QED) is 0.855. The summed E-state index contributed by atoms with van der Waals surface area (Å²) in [6.45, 7) is 4.87. The molecule has 7 nitrogen and oxygen atoms in total. The summed E-state index contributed by atoms with van der Waals surface area (Å²) >= 11 is 0. The zero-order valence-electron chi connectivity index (χ0n) is 14.8. The van der Waals surface area contributed by atoms with Gasteiger partial charge in [0.2, 0.25) is 0 Å². The van der Waals surface area contributed by atoms with E-state index in [0.717, 1.165) is 6.07 Å². The Balaban J connectivity index is 1.86. The van der Waals surface area contributed by atoms with E-state index in [1.807, 2.05) is 13.8 Å². The fraction of sp³-hybridized carbons (Fsp3) is 0.500. The van der Waals surface area contributed by atoms with Crippen LogP contribution in [0.15, 0.2) is 18.2 Å². The molecule has 2 aliphatic rings. The van der Waals surface area contributed by atoms with E-state index in [0.29, 0.717) is 25.2 Å². The van der Waals surface area contributed by atoms with E-state index >= 15 is 0 Å². The van der Waals surface area contributed by atoms with Crippen molar-refractivity contribution in [1.29, 1.82) is 0 Å². The molecular formula is C18H22FN3O4. The molecule has 2 aliphatic heterocycles. The van der Waals surface area contributed by atoms with E-state index in [-0.39, 0.29) is 30.6 Å². The Morgan fingerprint density at radius 2 is 2.04 bits per heavy atom. The molecule has 0 saturated carbocycles. The number of benzene rings is 1. The summed E-state index contributed by atoms with van der Waals surface area (Å²) in [4.78, 5) is 39.2. The average molecular weight is 363 g/mol. The number of amides is 3. The van der Waals surface area contributed by atoms with Crippen LogP contribution in [0.3, 0.4) is 0 Å². The number of hydrogen-bond acceptors (Lipinski definition) is 3. The Labute approximate surface area is 150 Å². The van der Waals surface area contributed by atoms with E-state index in [9.17, 15) is 23.9 Å². The van der Waals surface area contributed by atoms with Gasteiger partial charge >= 0.3 is 12.0 Å². The number of rotatable bonds is 4. The summed E-state index contributed by atoms with van der Waals surface area (Å²) in [6.07, 6.45) is 0.335. The second-order valence-corrected chi connectivity index (χ2v) is 7.14. The Kier molecular flexibility index (Phi) is 4.60. The highest BCUT2D eigenvalue weighted by molar-refractivity contribution is 5.99. The van der Waals surface area contributed by atoms with Crippen LogP contribution in [0.5, 0.6) is 0 Å². The zero-order chi connectivity index (χ0) is 19.1. The number of likely N-dealkylation sites (tertiary alicyclic amines) is 1. The second-order valence-electron chi connectivity index (χ2n) is 7.14. The van der Waals surface area contributed by atoms with E-state index in [4.69, 9.17) is 0 Å². The lowest BCUT2D eigenvalue weighted by molar-refractivity contribution is -0.150. The van der Waals surface area contributed by atoms with E-state index in [2.05, 4.69) is 5.32 Å². The molecule has 0 aliphatic carbocycles. The van der Waals surface area contributed by atoms with Crippen LogP contribution in [0.25, 0.3) is 0 Å². The van der Waals surface area contributed by atoms with Crippen LogP contribution < -0.4 is 10.2 Å². The fourth-order valence-corrected chi connectivity index (χ4v) is 3.63. The van der Waals surface area contributed by atoms with Crippen LogP contribution in [0.1, 0.15) is 30.6 Å². The van der Waals surface area contributed by atoms with Gasteiger partial charge < -0.3 is 15.3 Å². The average Bonchev–Trinajstić information content (AvgIpc) is 3.22. The number of carboxylic acids is 1. The van der Waals surface area contributed by atoms with Crippen molar-refractivity contribution in [3.05, 3.63) is 29.6 Å². The number of aliphatic carboxylic acids is 1. The van der Waals surface area contributed by atoms with Gasteiger partial charge in [-0.15, -0.1) is 0 Å². The van der Waals surface area contributed by atoms with Gasteiger partial charge in [0.15, 0.2) is 0 Å². The van der Waals surface area contributed by atoms with Gasteiger partial charge in [0.25, 0.3) is 5.91 Å². The molecule has 0 radical (unpaired) electrons. The maximum Gasteiger partial charge on any atom is 0.321 e. The minimum atomic E-state index is -1.02. The number of nitrogens with one attached hydrogen (secondary N) is 1. The molecule has 0 bridgehead atoms. The van der Waals surface area contributed by atoms with Crippen LogP contribution in [0.2, 0.25) is 0 Å². The van der Waals surface area contributed by atoms with E-state index < -0.39 is 23.1 Å². The van der Waals surface area contributed by atoms with Crippen molar-refractivity contribution in [3.8, 4) is 0 Å². The van der Waals surface area contributed by atoms with Gasteiger partial charge in [-0.25, -0.2) is 9.18 Å². The molecule has 2 fully saturated rings. The van der Waals surface area contributed by atoms with E-state index in [1.165, 1.54) is 21.9 Å². The Hall–Kier alpha value is -2.64. The van der Waals surface area contributed by atoms with Gasteiger partial charge in [-0.05, 0) is 30.5 Å². The van der Waals surface area contributed by atoms with Gasteiger partial charge in [-0.3, -0.25) is 14.5 Å². The van der Waals surface area contributed by atoms with Crippen molar-refractivity contribution in [2.24, 2.45) is 11.3 Å². The number of halogens is 1. The van der Waals surface area contributed by atoms with Crippen molar-refractivity contribution in [1.82, 2.24) is 10.2 Å². The standard InChI is InChI=1S/C18H22FN3O4/c1-11(2)18(16(24)25)5-7-21(10-18)15(23)13-9-12(3-4-14(13)19)22-8-6-20-17(22)26/h3-4,9,11H,5-8,10H2,1-2H3,(H,20,26)(H,24,25). The van der Waals surface area contributed by atoms with Crippen molar-refractivity contribution in [2.75, 3.05) is 31.1 Å². The summed E-state index contributed by atoms with van der Waals surface area (Å²) < 4.78 is 14.3. The number of carboxylic acid groups (broad SMARTS) is 1. The van der Waals surface area contributed by atoms with Gasteiger partial charge in [-0.2, -0.15) is 0 Å². The summed E-state index contributed by atoms with van der Waals surface area (Å²) in [6, 6.07) is 3.69. The number of carbonyl (C=O) groups is 3. The molecule has 1 aromatic rings. The predicted octanol–water partition coefficient (Wildman–Crippen LogP) is 1.93. The van der Waals surface area contributed by atoms with Crippen molar-refractivity contribution in [3.63, 3.8) is 0 Å². The zero-order valence-corrected chi connectivity index (χ0v) is 14.8. The van der Waals surface area contributed by atoms with Crippen LogP contribution in [-0.4, -0.2) is 54.1 Å². The summed E-state index contributed by atoms with van der Waals surface area (Å²) in [5.41, 5.74) is -0.720. The number of anilines is 1. The molecule has 3 amide bonds. The molecule has 2 saturated heterocycles. The third kappa shape index (κ3) is 2.89. The molecule has 3 rings (SSSR count). The summed E-state index contributed by atoms with van der Waals surface area (Å²) in [7, 11) is 0. The molecule has 8 heteroatoms. The highest BCUT2D eigenvalue weighted by atomic mass is 19.1. The van der Waals surface area contributed by atoms with E-state index in [1.54, 1.807) is 0 Å². The Morgan fingerprint density at radius 3 is 2.58 bits per heavy atom. The number of carbonyl (C=O) groups excluding carboxylic acids is 2. The van der Waals surface area contributed by atoms with Crippen LogP contribution in [0.4, 0.5) is 14.9 Å². The minimum absolute atomic E-state index is 0.0483. The van der Waals surface area contributed by atoms with Crippen LogP contribution >= 0.6 is 0 Å². The molecular weight excluding hydrogens is 341 g/mol. The van der Waals surface area contributed by atoms with Crippen molar-refractivity contribution < 1.29 is 23.9 Å². The molecule has 140 valence electrons. The highest BCUT2D eigenvalue weighted by Gasteiger charge is 2.48. The topological polar surface area (TPSA) is 89.9 Å². The maximum absolute atomic E-state index is 14.3. The fourth-order valence-electron chi connectivity index (χ4n) is 3.63. The molecule has 1 aromatic carbocycles. The first-order chi connectivity index (χ1) is 12.3. The number of urea groups is 1. The molecule has 0 spiro atoms. The molecule has 0 aromatic heterocycles. The van der Waals surface area contributed by atoms with Crippen LogP contribution in [0, 0.1) is 17.2 Å². The maximum atomic E-state index is 14.3. The lowest BCUT2D eigenvalue weighted by Gasteiger charge is -2.28. The normalized spacial score (nSPS) is 22.8. The molecule has 26 heavy (non-hydrogen) atoms. The minimum Gasteiger partial charge on any atom is -0.481 e. The summed E-state index contributed by atoms with van der Waals surface area (Å²) in [5.74, 6) is -2.32. The lowest BCUT2D eigenvalue weighted by Crippen LogP contribution is -2.40. The largest absolute Gasteiger partial charge is 0.481 e. The number of nitrogens with zero attached hydrogens (tertiary/aromatic N) is 2. The number of hydrogen-bond donors (Lipinski definition) is 2. The molecule has 1 unspecified atom stereocenters. The van der Waals surface area contributed by atoms with Gasteiger partial charge in [0.05, 0.1) is 11.0 Å². The Bertz CT molecular complexity index is 767. The third-order valence-electron chi connectivity index (χ3n) is 5.47. The molecule has 2 heterocycles. The monoisotopic (exact) mass is 363 g/mol. The summed E-state index contributed by atoms with van der Waals surface area (Å²) in [5, 5.41) is 12.3. The van der Waals surface area contributed by atoms with Crippen molar-refractivity contribution >= 4 is 23.6 Å². The first kappa shape index (κ1) is 18.2. The first-order valence-corrected chi connectivity index (χ1v) is 8.64. The molecule has 2 N–H and O–H groups in total. The smallest absolute Gasteiger partial charge is 0.321 e. The predicted molar refractivity (Wildman–Crippen MR) is 92.6 cm³/mol. The highest BCUT2D eigenvalue weighted by Crippen LogP contribution is 2.39. The van der Waals surface area contributed by atoms with Crippen molar-refractivity contribution in [2.45, 2.75) is 20.3 Å². The first-order valence-electron chi connectivity index (χ1n) is 8.64. The second kappa shape index (κ2) is 6.59. The Morgan fingerprint density at radius 1 is 1.31 bits per heavy atom. The van der Waals surface area contributed by atoms with Gasteiger partial charge in [0, 0.05) is 31.9 Å². The SMILES string of the molecule is CC(C)C1(C(=O)O)CCN(C(=O)c2cc(N3CCNC3=O)ccc2F)C1. The van der Waals surface area contributed by atoms with Gasteiger partial charge in [-0.1, -0.05) is 13.8 Å². The van der Waals surface area contributed by atoms with Crippen LogP contribution in [-0.2, 0) is 4.79 Å².